The van der Waals surface area contributed by atoms with Gasteiger partial charge in [0.05, 0.1) is 10.4 Å². The number of urea groups is 1. The van der Waals surface area contributed by atoms with Gasteiger partial charge in [-0.2, -0.15) is 13.2 Å². The van der Waals surface area contributed by atoms with Crippen LogP contribution in [0.3, 0.4) is 0 Å². The molecule has 5 nitrogen and oxygen atoms in total. The molecule has 2 aliphatic rings. The highest BCUT2D eigenvalue weighted by Crippen LogP contribution is 2.44. The van der Waals surface area contributed by atoms with Crippen molar-refractivity contribution in [3.8, 4) is 0 Å². The predicted octanol–water partition coefficient (Wildman–Crippen LogP) is 5.24. The number of thioether (sulfide) groups is 1. The summed E-state index contributed by atoms with van der Waals surface area (Å²) in [7, 11) is 0. The number of nitrogens with one attached hydrogen (secondary N) is 1. The minimum atomic E-state index is -4.41. The second-order valence-corrected chi connectivity index (χ2v) is 9.77. The Morgan fingerprint density at radius 3 is 2.27 bits per heavy atom. The van der Waals surface area contributed by atoms with Gasteiger partial charge in [0.2, 0.25) is 5.91 Å². The van der Waals surface area contributed by atoms with Crippen molar-refractivity contribution < 1.29 is 22.8 Å². The second kappa shape index (κ2) is 9.67. The van der Waals surface area contributed by atoms with E-state index in [-0.39, 0.29) is 16.8 Å². The lowest BCUT2D eigenvalue weighted by Gasteiger charge is -2.44. The zero-order chi connectivity index (χ0) is 23.5. The van der Waals surface area contributed by atoms with Crippen molar-refractivity contribution >= 4 is 29.4 Å². The Hall–Kier alpha value is -2.68. The van der Waals surface area contributed by atoms with E-state index in [1.165, 1.54) is 12.1 Å². The van der Waals surface area contributed by atoms with Crippen molar-refractivity contribution in [1.29, 1.82) is 0 Å². The molecule has 2 saturated heterocycles. The number of anilines is 1. The van der Waals surface area contributed by atoms with Crippen LogP contribution in [0.5, 0.6) is 0 Å². The number of benzene rings is 2. The minimum absolute atomic E-state index is 0.145. The largest absolute Gasteiger partial charge is 0.416 e. The number of alkyl halides is 3. The number of carbonyl (C=O) groups excluding carboxylic acids is 2. The van der Waals surface area contributed by atoms with Crippen LogP contribution in [0.4, 0.5) is 23.7 Å². The minimum Gasteiger partial charge on any atom is -0.327 e. The Morgan fingerprint density at radius 2 is 1.64 bits per heavy atom. The van der Waals surface area contributed by atoms with E-state index in [1.807, 2.05) is 35.2 Å². The highest BCUT2D eigenvalue weighted by Gasteiger charge is 2.46. The lowest BCUT2D eigenvalue weighted by Crippen LogP contribution is -2.54. The number of halogens is 3. The number of piperidine rings is 1. The van der Waals surface area contributed by atoms with Gasteiger partial charge >= 0.3 is 12.2 Å². The van der Waals surface area contributed by atoms with Crippen molar-refractivity contribution in [2.75, 3.05) is 30.7 Å². The first-order valence-electron chi connectivity index (χ1n) is 11.0. The van der Waals surface area contributed by atoms with Gasteiger partial charge in [0.1, 0.15) is 0 Å². The fourth-order valence-corrected chi connectivity index (χ4v) is 5.88. The van der Waals surface area contributed by atoms with Gasteiger partial charge in [-0.25, -0.2) is 4.79 Å². The van der Waals surface area contributed by atoms with Crippen LogP contribution in [-0.2, 0) is 17.4 Å². The van der Waals surface area contributed by atoms with E-state index in [2.05, 4.69) is 5.32 Å². The number of carbonyl (C=O) groups is 2. The van der Waals surface area contributed by atoms with Crippen LogP contribution in [0.2, 0.25) is 0 Å². The third-order valence-electron chi connectivity index (χ3n) is 6.24. The molecule has 2 heterocycles. The van der Waals surface area contributed by atoms with Crippen molar-refractivity contribution in [3.63, 3.8) is 0 Å². The summed E-state index contributed by atoms with van der Waals surface area (Å²) in [5, 5.41) is 2.67. The van der Waals surface area contributed by atoms with Crippen LogP contribution < -0.4 is 5.32 Å². The molecule has 1 N–H and O–H groups in total. The number of hydrogen-bond donors (Lipinski definition) is 1. The molecule has 2 aromatic rings. The number of hydrogen-bond acceptors (Lipinski definition) is 3. The monoisotopic (exact) mass is 477 g/mol. The van der Waals surface area contributed by atoms with E-state index < -0.39 is 11.7 Å². The first-order valence-corrected chi connectivity index (χ1v) is 12.0. The van der Waals surface area contributed by atoms with Crippen LogP contribution in [0.15, 0.2) is 54.6 Å². The molecule has 0 aliphatic carbocycles. The predicted molar refractivity (Wildman–Crippen MR) is 123 cm³/mol. The average molecular weight is 478 g/mol. The van der Waals surface area contributed by atoms with Crippen molar-refractivity contribution in [2.45, 2.75) is 36.7 Å². The third-order valence-corrected chi connectivity index (χ3v) is 7.80. The first-order chi connectivity index (χ1) is 15.8. The van der Waals surface area contributed by atoms with Crippen LogP contribution in [-0.4, -0.2) is 52.0 Å². The summed E-state index contributed by atoms with van der Waals surface area (Å²) in [6.45, 7) is 1.69. The normalized spacial score (nSPS) is 17.9. The maximum Gasteiger partial charge on any atom is 0.416 e. The maximum absolute atomic E-state index is 13.0. The third kappa shape index (κ3) is 5.46. The zero-order valence-electron chi connectivity index (χ0n) is 18.1. The molecule has 0 aromatic heterocycles. The Labute approximate surface area is 195 Å². The van der Waals surface area contributed by atoms with Gasteiger partial charge in [-0.05, 0) is 49.1 Å². The summed E-state index contributed by atoms with van der Waals surface area (Å²) in [5.74, 6) is 1.03. The molecular weight excluding hydrogens is 451 g/mol. The molecule has 0 atom stereocenters. The number of aryl methyl sites for hydroxylation is 1. The van der Waals surface area contributed by atoms with Crippen LogP contribution in [0.25, 0.3) is 0 Å². The highest BCUT2D eigenvalue weighted by atomic mass is 32.2. The van der Waals surface area contributed by atoms with Gasteiger partial charge in [0.25, 0.3) is 0 Å². The van der Waals surface area contributed by atoms with E-state index in [4.69, 9.17) is 0 Å². The van der Waals surface area contributed by atoms with Crippen molar-refractivity contribution in [1.82, 2.24) is 9.80 Å². The standard InChI is InChI=1S/C24H26F3N3O2S/c25-24(26,27)19-7-9-20(10-8-19)28-22(32)29-14-12-23(13-15-29)30(16-17-33-23)21(31)11-6-18-4-2-1-3-5-18/h1-5,7-10H,6,11-17H2,(H,28,32). The van der Waals surface area contributed by atoms with Crippen LogP contribution in [0, 0.1) is 0 Å². The lowest BCUT2D eigenvalue weighted by atomic mass is 10.0. The molecule has 0 radical (unpaired) electrons. The number of likely N-dealkylation sites (tertiary alicyclic amines) is 1. The lowest BCUT2D eigenvalue weighted by molar-refractivity contribution is -0.137. The summed E-state index contributed by atoms with van der Waals surface area (Å²) in [5.41, 5.74) is 0.707. The fraction of sp³-hybridized carbons (Fsp3) is 0.417. The molecule has 176 valence electrons. The Morgan fingerprint density at radius 1 is 0.970 bits per heavy atom. The summed E-state index contributed by atoms with van der Waals surface area (Å²) in [6.07, 6.45) is -1.89. The average Bonchev–Trinajstić information content (AvgIpc) is 3.21. The molecule has 0 saturated carbocycles. The molecule has 2 aliphatic heterocycles. The molecule has 4 rings (SSSR count). The maximum atomic E-state index is 13.0. The Bertz CT molecular complexity index is 975. The number of amides is 3. The molecule has 2 aromatic carbocycles. The summed E-state index contributed by atoms with van der Waals surface area (Å²) in [6, 6.07) is 14.0. The fourth-order valence-electron chi connectivity index (χ4n) is 4.41. The van der Waals surface area contributed by atoms with Gasteiger partial charge in [-0.3, -0.25) is 4.79 Å². The number of nitrogens with zero attached hydrogens (tertiary/aromatic N) is 2. The topological polar surface area (TPSA) is 52.7 Å². The first kappa shape index (κ1) is 23.5. The molecular formula is C24H26F3N3O2S. The van der Waals surface area contributed by atoms with Gasteiger partial charge in [-0.15, -0.1) is 11.8 Å². The van der Waals surface area contributed by atoms with Crippen LogP contribution >= 0.6 is 11.8 Å². The van der Waals surface area contributed by atoms with Crippen molar-refractivity contribution in [2.24, 2.45) is 0 Å². The summed E-state index contributed by atoms with van der Waals surface area (Å²) in [4.78, 5) is 29.0. The SMILES string of the molecule is O=C(Nc1ccc(C(F)(F)F)cc1)N1CCC2(CC1)SCCN2C(=O)CCc1ccccc1. The van der Waals surface area contributed by atoms with Crippen molar-refractivity contribution in [3.05, 3.63) is 65.7 Å². The highest BCUT2D eigenvalue weighted by molar-refractivity contribution is 8.00. The summed E-state index contributed by atoms with van der Waals surface area (Å²) >= 11 is 1.79. The zero-order valence-corrected chi connectivity index (χ0v) is 18.9. The van der Waals surface area contributed by atoms with Gasteiger partial charge < -0.3 is 15.1 Å². The molecule has 0 unspecified atom stereocenters. The quantitative estimate of drug-likeness (QED) is 0.656. The van der Waals surface area contributed by atoms with Gasteiger partial charge in [-0.1, -0.05) is 30.3 Å². The van der Waals surface area contributed by atoms with E-state index >= 15 is 0 Å². The Balaban J connectivity index is 1.31. The molecule has 33 heavy (non-hydrogen) atoms. The molecule has 1 spiro atoms. The van der Waals surface area contributed by atoms with E-state index in [9.17, 15) is 22.8 Å². The van der Waals surface area contributed by atoms with E-state index in [0.29, 0.717) is 44.5 Å². The molecule has 9 heteroatoms. The molecule has 3 amide bonds. The van der Waals surface area contributed by atoms with E-state index in [1.54, 1.807) is 16.7 Å². The molecule has 2 fully saturated rings. The second-order valence-electron chi connectivity index (χ2n) is 8.32. The van der Waals surface area contributed by atoms with Gasteiger partial charge in [0.15, 0.2) is 0 Å². The smallest absolute Gasteiger partial charge is 0.327 e. The number of rotatable bonds is 4. The van der Waals surface area contributed by atoms with Crippen LogP contribution in [0.1, 0.15) is 30.4 Å². The summed E-state index contributed by atoms with van der Waals surface area (Å²) < 4.78 is 38.1. The Kier molecular flexibility index (Phi) is 6.88. The van der Waals surface area contributed by atoms with E-state index in [0.717, 1.165) is 30.0 Å². The molecule has 0 bridgehead atoms. The van der Waals surface area contributed by atoms with Gasteiger partial charge in [0, 0.05) is 37.5 Å².